The molecule has 1 aromatic rings. The molecule has 1 N–H and O–H groups in total. The van der Waals surface area contributed by atoms with E-state index in [-0.39, 0.29) is 36.8 Å². The van der Waals surface area contributed by atoms with Gasteiger partial charge >= 0.3 is 0 Å². The van der Waals surface area contributed by atoms with Crippen molar-refractivity contribution in [3.05, 3.63) is 53.6 Å². The number of halogens is 1. The van der Waals surface area contributed by atoms with Gasteiger partial charge in [-0.2, -0.15) is 0 Å². The van der Waals surface area contributed by atoms with Gasteiger partial charge in [-0.1, -0.05) is 61.9 Å². The zero-order valence-corrected chi connectivity index (χ0v) is 21.5. The Morgan fingerprint density at radius 1 is 1.11 bits per heavy atom. The van der Waals surface area contributed by atoms with Crippen LogP contribution in [0.15, 0.2) is 48.6 Å². The van der Waals surface area contributed by atoms with Crippen molar-refractivity contribution in [3.63, 3.8) is 0 Å². The average molecular weight is 514 g/mol. The first-order chi connectivity index (χ1) is 17.2. The Bertz CT molecular complexity index is 1140. The Hall–Kier alpha value is -2.68. The number of hydrogen-bond donors (Lipinski definition) is 1. The van der Waals surface area contributed by atoms with Crippen LogP contribution < -0.4 is 4.90 Å². The zero-order chi connectivity index (χ0) is 25.8. The molecule has 1 aromatic carbocycles. The van der Waals surface area contributed by atoms with Gasteiger partial charge in [0.1, 0.15) is 11.6 Å². The third-order valence-electron chi connectivity index (χ3n) is 7.79. The Morgan fingerprint density at radius 2 is 1.86 bits per heavy atom. The highest BCUT2D eigenvalue weighted by Gasteiger charge is 2.72. The van der Waals surface area contributed by atoms with E-state index in [0.717, 1.165) is 0 Å². The van der Waals surface area contributed by atoms with Gasteiger partial charge < -0.3 is 24.5 Å². The molecular weight excluding hydrogens is 482 g/mol. The number of carbonyl (C=O) groups is 3. The maximum Gasteiger partial charge on any atom is 0.253 e. The van der Waals surface area contributed by atoms with Crippen molar-refractivity contribution in [1.82, 2.24) is 9.80 Å². The number of nitrogens with zero attached hydrogens (tertiary/aromatic N) is 3. The molecule has 2 saturated heterocycles. The molecule has 192 valence electrons. The highest BCUT2D eigenvalue weighted by Crippen LogP contribution is 2.54. The molecule has 9 heteroatoms. The number of aliphatic hydroxyl groups is 1. The maximum atomic E-state index is 14.4. The minimum Gasteiger partial charge on any atom is -0.394 e. The molecule has 0 saturated carbocycles. The summed E-state index contributed by atoms with van der Waals surface area (Å²) in [6.45, 7) is 4.38. The second kappa shape index (κ2) is 9.32. The van der Waals surface area contributed by atoms with Crippen molar-refractivity contribution in [1.29, 1.82) is 0 Å². The number of anilines is 1. The number of aliphatic hydroxyl groups excluding tert-OH is 1. The Kier molecular flexibility index (Phi) is 6.47. The van der Waals surface area contributed by atoms with Gasteiger partial charge in [-0.3, -0.25) is 14.4 Å². The molecule has 4 aliphatic rings. The van der Waals surface area contributed by atoms with Crippen LogP contribution in [0.4, 0.5) is 5.69 Å². The highest BCUT2D eigenvalue weighted by molar-refractivity contribution is 6.34. The van der Waals surface area contributed by atoms with E-state index >= 15 is 0 Å². The summed E-state index contributed by atoms with van der Waals surface area (Å²) in [6.07, 6.45) is 7.21. The summed E-state index contributed by atoms with van der Waals surface area (Å²) in [4.78, 5) is 46.7. The van der Waals surface area contributed by atoms with Crippen molar-refractivity contribution in [3.8, 4) is 0 Å². The zero-order valence-electron chi connectivity index (χ0n) is 20.7. The Morgan fingerprint density at radius 3 is 2.56 bits per heavy atom. The maximum absolute atomic E-state index is 14.4. The van der Waals surface area contributed by atoms with Gasteiger partial charge in [0.25, 0.3) is 5.91 Å². The molecule has 0 radical (unpaired) electrons. The number of para-hydroxylation sites is 1. The quantitative estimate of drug-likeness (QED) is 0.610. The molecule has 8 nitrogen and oxygen atoms in total. The third-order valence-corrected chi connectivity index (χ3v) is 8.11. The number of likely N-dealkylation sites (tertiary alicyclic amines) is 1. The average Bonchev–Trinajstić information content (AvgIpc) is 3.17. The van der Waals surface area contributed by atoms with Gasteiger partial charge in [0.05, 0.1) is 41.3 Å². The molecule has 4 heterocycles. The van der Waals surface area contributed by atoms with Crippen LogP contribution in [0.2, 0.25) is 5.02 Å². The van der Waals surface area contributed by atoms with E-state index in [4.69, 9.17) is 16.3 Å². The van der Waals surface area contributed by atoms with Gasteiger partial charge in [0.15, 0.2) is 0 Å². The number of fused-ring (bicyclic) bond motifs is 2. The normalized spacial score (nSPS) is 32.5. The van der Waals surface area contributed by atoms with Crippen LogP contribution in [-0.2, 0) is 19.1 Å². The molecular formula is C27H32ClN3O5. The molecule has 0 aliphatic carbocycles. The van der Waals surface area contributed by atoms with E-state index in [1.165, 1.54) is 4.90 Å². The fourth-order valence-electron chi connectivity index (χ4n) is 6.30. The molecule has 2 fully saturated rings. The summed E-state index contributed by atoms with van der Waals surface area (Å²) in [5.41, 5.74) is -0.795. The Labute approximate surface area is 216 Å². The van der Waals surface area contributed by atoms with Crippen LogP contribution in [0.1, 0.15) is 20.3 Å². The number of rotatable bonds is 5. The van der Waals surface area contributed by atoms with E-state index in [1.807, 2.05) is 32.1 Å². The lowest BCUT2D eigenvalue weighted by Gasteiger charge is -2.39. The molecule has 0 bridgehead atoms. The first-order valence-electron chi connectivity index (χ1n) is 12.5. The van der Waals surface area contributed by atoms with Crippen molar-refractivity contribution < 1.29 is 24.2 Å². The van der Waals surface area contributed by atoms with Crippen LogP contribution in [0.3, 0.4) is 0 Å². The smallest absolute Gasteiger partial charge is 0.253 e. The van der Waals surface area contributed by atoms with E-state index in [0.29, 0.717) is 23.7 Å². The van der Waals surface area contributed by atoms with Crippen LogP contribution in [-0.4, -0.2) is 83.2 Å². The second-order valence-electron chi connectivity index (χ2n) is 10.5. The summed E-state index contributed by atoms with van der Waals surface area (Å²) in [5.74, 6) is -2.31. The van der Waals surface area contributed by atoms with Gasteiger partial charge in [-0.05, 0) is 24.5 Å². The van der Waals surface area contributed by atoms with E-state index in [9.17, 15) is 19.5 Å². The molecule has 36 heavy (non-hydrogen) atoms. The number of amides is 3. The third kappa shape index (κ3) is 3.69. The number of likely N-dealkylation sites (N-methyl/N-ethyl adjacent to an activating group) is 1. The summed E-state index contributed by atoms with van der Waals surface area (Å²) in [5, 5.41) is 10.8. The monoisotopic (exact) mass is 513 g/mol. The standard InChI is InChI=1S/C27H32ClN3O5/c1-16(2)14-17(15-32)31-23-26(35)30(19-9-5-4-8-18(19)28)13-7-11-27(23)22(25(31)34)21-20(36-27)10-6-12-29(3)24(21)33/h4-11,16-17,20-23,32H,12-15H2,1-3H3/t17-,20-,21+,22+,23?,27+/m1/s1. The fraction of sp³-hybridized carbons (Fsp3) is 0.519. The topological polar surface area (TPSA) is 90.4 Å². The molecule has 3 amide bonds. The van der Waals surface area contributed by atoms with Gasteiger partial charge in [0, 0.05) is 20.1 Å². The minimum absolute atomic E-state index is 0.171. The van der Waals surface area contributed by atoms with Gasteiger partial charge in [0.2, 0.25) is 11.8 Å². The molecule has 1 unspecified atom stereocenters. The number of benzene rings is 1. The molecule has 1 spiro atoms. The first-order valence-corrected chi connectivity index (χ1v) is 12.8. The summed E-state index contributed by atoms with van der Waals surface area (Å²) < 4.78 is 6.60. The lowest BCUT2D eigenvalue weighted by molar-refractivity contribution is -0.146. The number of hydrogen-bond acceptors (Lipinski definition) is 5. The summed E-state index contributed by atoms with van der Waals surface area (Å²) >= 11 is 6.48. The minimum atomic E-state index is -1.33. The number of carbonyl (C=O) groups excluding carboxylic acids is 3. The second-order valence-corrected chi connectivity index (χ2v) is 10.9. The van der Waals surface area contributed by atoms with Crippen LogP contribution in [0.5, 0.6) is 0 Å². The lowest BCUT2D eigenvalue weighted by Crippen LogP contribution is -2.58. The largest absolute Gasteiger partial charge is 0.394 e. The predicted molar refractivity (Wildman–Crippen MR) is 135 cm³/mol. The number of ether oxygens (including phenoxy) is 1. The van der Waals surface area contributed by atoms with Crippen molar-refractivity contribution in [2.45, 2.75) is 44.1 Å². The fourth-order valence-corrected chi connectivity index (χ4v) is 6.54. The van der Waals surface area contributed by atoms with Crippen LogP contribution in [0.25, 0.3) is 0 Å². The predicted octanol–water partition coefficient (Wildman–Crippen LogP) is 2.26. The van der Waals surface area contributed by atoms with Crippen LogP contribution in [0, 0.1) is 17.8 Å². The van der Waals surface area contributed by atoms with Crippen molar-refractivity contribution in [2.75, 3.05) is 31.6 Å². The molecule has 6 atom stereocenters. The van der Waals surface area contributed by atoms with E-state index < -0.39 is 35.6 Å². The van der Waals surface area contributed by atoms with Gasteiger partial charge in [-0.25, -0.2) is 0 Å². The van der Waals surface area contributed by atoms with E-state index in [2.05, 4.69) is 0 Å². The van der Waals surface area contributed by atoms with Crippen LogP contribution >= 0.6 is 11.6 Å². The van der Waals surface area contributed by atoms with Gasteiger partial charge in [-0.15, -0.1) is 0 Å². The Balaban J connectivity index is 1.67. The van der Waals surface area contributed by atoms with E-state index in [1.54, 1.807) is 47.2 Å². The lowest BCUT2D eigenvalue weighted by atomic mass is 9.77. The summed E-state index contributed by atoms with van der Waals surface area (Å²) in [6, 6.07) is 5.44. The first kappa shape index (κ1) is 25.0. The molecule has 0 aromatic heterocycles. The summed E-state index contributed by atoms with van der Waals surface area (Å²) in [7, 11) is 1.71. The molecule has 5 rings (SSSR count). The highest BCUT2D eigenvalue weighted by atomic mass is 35.5. The van der Waals surface area contributed by atoms with Crippen molar-refractivity contribution in [2.24, 2.45) is 17.8 Å². The SMILES string of the molecule is CC(C)C[C@H](CO)N1C(=O)[C@@H]2[C@H]3C(=O)N(C)CC=C[C@H]3O[C@@]23C=CCN(c2ccccc2Cl)C(=O)C13. The molecule has 4 aliphatic heterocycles. The van der Waals surface area contributed by atoms with Crippen molar-refractivity contribution >= 4 is 35.0 Å².